The van der Waals surface area contributed by atoms with Crippen LogP contribution in [-0.2, 0) is 0 Å². The van der Waals surface area contributed by atoms with Gasteiger partial charge >= 0.3 is 0 Å². The van der Waals surface area contributed by atoms with Crippen LogP contribution >= 0.6 is 31.9 Å². The number of hydrogen-bond acceptors (Lipinski definition) is 0. The molecule has 0 aliphatic carbocycles. The summed E-state index contributed by atoms with van der Waals surface area (Å²) < 4.78 is 2.29. The maximum absolute atomic E-state index is 3.84. The number of hydrogen-bond donors (Lipinski definition) is 0. The van der Waals surface area contributed by atoms with E-state index >= 15 is 0 Å². The smallest absolute Gasteiger partial charge is 0.0332 e. The first kappa shape index (κ1) is 16.0. The van der Waals surface area contributed by atoms with Crippen LogP contribution < -0.4 is 0 Å². The molecule has 0 N–H and O–H groups in total. The average Bonchev–Trinajstić information content (AvgIpc) is 2.70. The number of rotatable bonds is 1. The zero-order valence-corrected chi connectivity index (χ0v) is 17.0. The number of benzene rings is 5. The SMILES string of the molecule is Brc1ccc(-c2c3ccccc3c(Br)c3ccccc23)c2ccccc12. The highest BCUT2D eigenvalue weighted by Gasteiger charge is 2.15. The van der Waals surface area contributed by atoms with E-state index in [4.69, 9.17) is 0 Å². The van der Waals surface area contributed by atoms with Crippen molar-refractivity contribution in [2.75, 3.05) is 0 Å². The maximum Gasteiger partial charge on any atom is 0.0332 e. The number of fused-ring (bicyclic) bond motifs is 3. The molecule has 124 valence electrons. The second-order valence-corrected chi connectivity index (χ2v) is 8.07. The van der Waals surface area contributed by atoms with Gasteiger partial charge in [0.2, 0.25) is 0 Å². The van der Waals surface area contributed by atoms with Crippen molar-refractivity contribution in [2.45, 2.75) is 0 Å². The van der Waals surface area contributed by atoms with E-state index in [0.29, 0.717) is 0 Å². The van der Waals surface area contributed by atoms with E-state index in [1.54, 1.807) is 0 Å². The Kier molecular flexibility index (Phi) is 3.84. The third-order valence-corrected chi connectivity index (χ3v) is 6.55. The molecule has 0 amide bonds. The van der Waals surface area contributed by atoms with Crippen LogP contribution in [-0.4, -0.2) is 0 Å². The molecule has 0 atom stereocenters. The Morgan fingerprint density at radius 2 is 0.885 bits per heavy atom. The molecular formula is C24H14Br2. The molecule has 0 heterocycles. The van der Waals surface area contributed by atoms with Crippen molar-refractivity contribution < 1.29 is 0 Å². The molecule has 2 heteroatoms. The van der Waals surface area contributed by atoms with Gasteiger partial charge in [-0.25, -0.2) is 0 Å². The van der Waals surface area contributed by atoms with Gasteiger partial charge in [0.05, 0.1) is 0 Å². The molecule has 0 aliphatic rings. The summed E-state index contributed by atoms with van der Waals surface area (Å²) in [6.07, 6.45) is 0. The van der Waals surface area contributed by atoms with Gasteiger partial charge in [-0.15, -0.1) is 0 Å². The highest BCUT2D eigenvalue weighted by molar-refractivity contribution is 9.11. The Balaban J connectivity index is 2.06. The van der Waals surface area contributed by atoms with Crippen LogP contribution in [0.15, 0.2) is 93.9 Å². The average molecular weight is 462 g/mol. The summed E-state index contributed by atoms with van der Waals surface area (Å²) in [7, 11) is 0. The summed E-state index contributed by atoms with van der Waals surface area (Å²) in [6, 6.07) is 30.2. The van der Waals surface area contributed by atoms with Crippen molar-refractivity contribution >= 4 is 64.2 Å². The van der Waals surface area contributed by atoms with Crippen molar-refractivity contribution in [1.82, 2.24) is 0 Å². The van der Waals surface area contributed by atoms with E-state index in [-0.39, 0.29) is 0 Å². The topological polar surface area (TPSA) is 0 Å². The lowest BCUT2D eigenvalue weighted by Crippen LogP contribution is -1.89. The molecule has 26 heavy (non-hydrogen) atoms. The summed E-state index contributed by atoms with van der Waals surface area (Å²) in [6.45, 7) is 0. The largest absolute Gasteiger partial charge is 0.0616 e. The summed E-state index contributed by atoms with van der Waals surface area (Å²) in [5, 5.41) is 7.53. The maximum atomic E-state index is 3.84. The van der Waals surface area contributed by atoms with Gasteiger partial charge in [-0.3, -0.25) is 0 Å². The van der Waals surface area contributed by atoms with Crippen LogP contribution in [0.5, 0.6) is 0 Å². The van der Waals surface area contributed by atoms with Crippen LogP contribution in [0.25, 0.3) is 43.4 Å². The van der Waals surface area contributed by atoms with Gasteiger partial charge in [-0.2, -0.15) is 0 Å². The van der Waals surface area contributed by atoms with Gasteiger partial charge < -0.3 is 0 Å². The molecule has 0 bridgehead atoms. The third kappa shape index (κ3) is 2.33. The van der Waals surface area contributed by atoms with E-state index in [2.05, 4.69) is 117 Å². The highest BCUT2D eigenvalue weighted by Crippen LogP contribution is 2.44. The van der Waals surface area contributed by atoms with Crippen molar-refractivity contribution in [3.8, 4) is 11.1 Å². The Bertz CT molecular complexity index is 1250. The standard InChI is InChI=1S/C24H14Br2/c25-22-14-13-19(15-7-1-2-8-16(15)22)23-17-9-3-5-11-20(17)24(26)21-12-6-4-10-18(21)23/h1-14H. The molecule has 0 saturated heterocycles. The van der Waals surface area contributed by atoms with Gasteiger partial charge in [0.1, 0.15) is 0 Å². The third-order valence-electron chi connectivity index (χ3n) is 5.01. The van der Waals surface area contributed by atoms with E-state index in [1.165, 1.54) is 43.4 Å². The molecule has 0 unspecified atom stereocenters. The molecular weight excluding hydrogens is 448 g/mol. The monoisotopic (exact) mass is 460 g/mol. The molecule has 0 saturated carbocycles. The first-order valence-corrected chi connectivity index (χ1v) is 10.1. The Labute approximate surface area is 168 Å². The quantitative estimate of drug-likeness (QED) is 0.220. The lowest BCUT2D eigenvalue weighted by Gasteiger charge is -2.16. The van der Waals surface area contributed by atoms with Crippen LogP contribution in [0.3, 0.4) is 0 Å². The summed E-state index contributed by atoms with van der Waals surface area (Å²) in [5.41, 5.74) is 2.56. The highest BCUT2D eigenvalue weighted by atomic mass is 79.9. The Morgan fingerprint density at radius 3 is 1.46 bits per heavy atom. The second kappa shape index (κ2) is 6.22. The summed E-state index contributed by atoms with van der Waals surface area (Å²) in [4.78, 5) is 0. The zero-order valence-electron chi connectivity index (χ0n) is 13.8. The van der Waals surface area contributed by atoms with Crippen LogP contribution in [0.4, 0.5) is 0 Å². The fourth-order valence-electron chi connectivity index (χ4n) is 3.85. The minimum absolute atomic E-state index is 1.13. The van der Waals surface area contributed by atoms with Crippen molar-refractivity contribution in [3.05, 3.63) is 93.9 Å². The molecule has 5 aromatic rings. The lowest BCUT2D eigenvalue weighted by atomic mass is 9.89. The minimum Gasteiger partial charge on any atom is -0.0616 e. The predicted octanol–water partition coefficient (Wildman–Crippen LogP) is 8.34. The van der Waals surface area contributed by atoms with E-state index in [9.17, 15) is 0 Å². The van der Waals surface area contributed by atoms with Crippen LogP contribution in [0.1, 0.15) is 0 Å². The van der Waals surface area contributed by atoms with Crippen molar-refractivity contribution in [3.63, 3.8) is 0 Å². The van der Waals surface area contributed by atoms with Gasteiger partial charge in [-0.05, 0) is 65.4 Å². The first-order chi connectivity index (χ1) is 12.8. The minimum atomic E-state index is 1.13. The molecule has 0 radical (unpaired) electrons. The van der Waals surface area contributed by atoms with E-state index in [0.717, 1.165) is 8.95 Å². The summed E-state index contributed by atoms with van der Waals surface area (Å²) >= 11 is 7.55. The molecule has 0 nitrogen and oxygen atoms in total. The molecule has 0 aromatic heterocycles. The normalized spacial score (nSPS) is 11.5. The molecule has 5 rings (SSSR count). The van der Waals surface area contributed by atoms with Crippen LogP contribution in [0.2, 0.25) is 0 Å². The summed E-state index contributed by atoms with van der Waals surface area (Å²) in [5.74, 6) is 0. The fourth-order valence-corrected chi connectivity index (χ4v) is 5.02. The molecule has 0 spiro atoms. The Morgan fingerprint density at radius 1 is 0.423 bits per heavy atom. The van der Waals surface area contributed by atoms with E-state index < -0.39 is 0 Å². The number of halogens is 2. The molecule has 0 fully saturated rings. The van der Waals surface area contributed by atoms with Gasteiger partial charge in [0.15, 0.2) is 0 Å². The molecule has 5 aromatic carbocycles. The lowest BCUT2D eigenvalue weighted by molar-refractivity contribution is 1.67. The van der Waals surface area contributed by atoms with Gasteiger partial charge in [0.25, 0.3) is 0 Å². The van der Waals surface area contributed by atoms with Crippen LogP contribution in [0, 0.1) is 0 Å². The predicted molar refractivity (Wildman–Crippen MR) is 120 cm³/mol. The first-order valence-electron chi connectivity index (χ1n) is 8.52. The van der Waals surface area contributed by atoms with Gasteiger partial charge in [0, 0.05) is 8.95 Å². The van der Waals surface area contributed by atoms with Crippen molar-refractivity contribution in [1.29, 1.82) is 0 Å². The molecule has 0 aliphatic heterocycles. The van der Waals surface area contributed by atoms with Gasteiger partial charge in [-0.1, -0.05) is 94.8 Å². The zero-order chi connectivity index (χ0) is 17.7. The van der Waals surface area contributed by atoms with Crippen molar-refractivity contribution in [2.24, 2.45) is 0 Å². The fraction of sp³-hybridized carbons (Fsp3) is 0. The second-order valence-electron chi connectivity index (χ2n) is 6.42. The Hall–Kier alpha value is -2.16. The van der Waals surface area contributed by atoms with E-state index in [1.807, 2.05) is 0 Å².